The van der Waals surface area contributed by atoms with Crippen molar-refractivity contribution < 1.29 is 22.6 Å². The molecule has 0 radical (unpaired) electrons. The molecule has 20 heavy (non-hydrogen) atoms. The van der Waals surface area contributed by atoms with Gasteiger partial charge >= 0.3 is 6.18 Å². The van der Waals surface area contributed by atoms with Gasteiger partial charge in [0.2, 0.25) is 0 Å². The standard InChI is InChI=1S/C13H25F3N2O2/c14-13(15,16)11-19-9-2-6-18-7-3-12(4-8-18)20-10-1-5-17/h12H,1-11,17H2. The lowest BCUT2D eigenvalue weighted by molar-refractivity contribution is -0.174. The van der Waals surface area contributed by atoms with Crippen molar-refractivity contribution in [2.24, 2.45) is 5.73 Å². The topological polar surface area (TPSA) is 47.7 Å². The van der Waals surface area contributed by atoms with E-state index in [1.165, 1.54) is 0 Å². The fourth-order valence-corrected chi connectivity index (χ4v) is 2.21. The van der Waals surface area contributed by atoms with E-state index in [0.717, 1.165) is 38.9 Å². The van der Waals surface area contributed by atoms with Crippen LogP contribution < -0.4 is 5.73 Å². The van der Waals surface area contributed by atoms with Gasteiger partial charge in [-0.25, -0.2) is 0 Å². The molecule has 1 fully saturated rings. The summed E-state index contributed by atoms with van der Waals surface area (Å²) in [5.41, 5.74) is 5.40. The molecule has 0 bridgehead atoms. The van der Waals surface area contributed by atoms with Gasteiger partial charge in [0, 0.05) is 32.8 Å². The Morgan fingerprint density at radius 1 is 1.10 bits per heavy atom. The highest BCUT2D eigenvalue weighted by atomic mass is 19.4. The third kappa shape index (κ3) is 8.73. The van der Waals surface area contributed by atoms with Crippen molar-refractivity contribution in [3.63, 3.8) is 0 Å². The molecule has 0 aromatic rings. The molecule has 7 heteroatoms. The van der Waals surface area contributed by atoms with E-state index in [0.29, 0.717) is 25.7 Å². The molecular weight excluding hydrogens is 273 g/mol. The average molecular weight is 298 g/mol. The molecule has 2 N–H and O–H groups in total. The lowest BCUT2D eigenvalue weighted by Crippen LogP contribution is -2.38. The lowest BCUT2D eigenvalue weighted by Gasteiger charge is -2.31. The molecule has 0 spiro atoms. The molecule has 4 nitrogen and oxygen atoms in total. The Balaban J connectivity index is 1.97. The Morgan fingerprint density at radius 3 is 2.40 bits per heavy atom. The van der Waals surface area contributed by atoms with Crippen molar-refractivity contribution >= 4 is 0 Å². The van der Waals surface area contributed by atoms with E-state index in [9.17, 15) is 13.2 Å². The SMILES string of the molecule is NCCCOC1CCN(CCCOCC(F)(F)F)CC1. The highest BCUT2D eigenvalue weighted by Gasteiger charge is 2.27. The summed E-state index contributed by atoms with van der Waals surface area (Å²) < 4.78 is 45.8. The first kappa shape index (κ1) is 17.7. The van der Waals surface area contributed by atoms with Gasteiger partial charge in [0.05, 0.1) is 6.10 Å². The van der Waals surface area contributed by atoms with Gasteiger partial charge in [0.25, 0.3) is 0 Å². The molecule has 0 aromatic heterocycles. The fraction of sp³-hybridized carbons (Fsp3) is 1.00. The van der Waals surface area contributed by atoms with Crippen molar-refractivity contribution in [1.82, 2.24) is 4.90 Å². The summed E-state index contributed by atoms with van der Waals surface area (Å²) in [7, 11) is 0. The van der Waals surface area contributed by atoms with E-state index >= 15 is 0 Å². The number of likely N-dealkylation sites (tertiary alicyclic amines) is 1. The summed E-state index contributed by atoms with van der Waals surface area (Å²) in [5, 5.41) is 0. The summed E-state index contributed by atoms with van der Waals surface area (Å²) >= 11 is 0. The van der Waals surface area contributed by atoms with E-state index in [1.54, 1.807) is 0 Å². The molecule has 1 aliphatic heterocycles. The van der Waals surface area contributed by atoms with Crippen molar-refractivity contribution in [1.29, 1.82) is 0 Å². The molecular formula is C13H25F3N2O2. The number of rotatable bonds is 9. The number of ether oxygens (including phenoxy) is 2. The second kappa shape index (κ2) is 9.55. The lowest BCUT2D eigenvalue weighted by atomic mass is 10.1. The monoisotopic (exact) mass is 298 g/mol. The summed E-state index contributed by atoms with van der Waals surface area (Å²) in [4.78, 5) is 2.25. The second-order valence-electron chi connectivity index (χ2n) is 5.08. The van der Waals surface area contributed by atoms with E-state index in [1.807, 2.05) is 0 Å². The van der Waals surface area contributed by atoms with Crippen LogP contribution in [0.2, 0.25) is 0 Å². The number of nitrogens with two attached hydrogens (primary N) is 1. The van der Waals surface area contributed by atoms with Gasteiger partial charge in [-0.15, -0.1) is 0 Å². The number of nitrogens with zero attached hydrogens (tertiary/aromatic N) is 1. The van der Waals surface area contributed by atoms with Gasteiger partial charge in [-0.05, 0) is 32.2 Å². The first-order valence-electron chi connectivity index (χ1n) is 7.20. The number of piperidine rings is 1. The molecule has 0 saturated carbocycles. The van der Waals surface area contributed by atoms with Gasteiger partial charge in [0.15, 0.2) is 0 Å². The maximum absolute atomic E-state index is 11.9. The van der Waals surface area contributed by atoms with E-state index in [2.05, 4.69) is 9.64 Å². The number of halogens is 3. The van der Waals surface area contributed by atoms with Crippen LogP contribution in [-0.4, -0.2) is 63.2 Å². The largest absolute Gasteiger partial charge is 0.411 e. The molecule has 0 amide bonds. The predicted molar refractivity (Wildman–Crippen MR) is 70.6 cm³/mol. The van der Waals surface area contributed by atoms with E-state index < -0.39 is 12.8 Å². The van der Waals surface area contributed by atoms with Crippen LogP contribution in [0.15, 0.2) is 0 Å². The van der Waals surface area contributed by atoms with Crippen LogP contribution in [0.3, 0.4) is 0 Å². The quantitative estimate of drug-likeness (QED) is 0.659. The molecule has 0 unspecified atom stereocenters. The second-order valence-corrected chi connectivity index (χ2v) is 5.08. The normalized spacial score (nSPS) is 18.6. The number of hydrogen-bond acceptors (Lipinski definition) is 4. The van der Waals surface area contributed by atoms with Gasteiger partial charge in [-0.3, -0.25) is 0 Å². The summed E-state index contributed by atoms with van der Waals surface area (Å²) in [6.45, 7) is 3.03. The molecule has 1 aliphatic rings. The van der Waals surface area contributed by atoms with Crippen LogP contribution in [0.1, 0.15) is 25.7 Å². The smallest absolute Gasteiger partial charge is 0.378 e. The molecule has 1 rings (SSSR count). The minimum absolute atomic E-state index is 0.159. The Hall–Kier alpha value is -0.370. The zero-order valence-corrected chi connectivity index (χ0v) is 11.8. The van der Waals surface area contributed by atoms with Crippen molar-refractivity contribution in [2.75, 3.05) is 46.0 Å². The van der Waals surface area contributed by atoms with Crippen molar-refractivity contribution in [3.8, 4) is 0 Å². The Kier molecular flexibility index (Phi) is 8.44. The minimum Gasteiger partial charge on any atom is -0.378 e. The molecule has 0 aliphatic carbocycles. The van der Waals surface area contributed by atoms with E-state index in [4.69, 9.17) is 10.5 Å². The highest BCUT2D eigenvalue weighted by molar-refractivity contribution is 4.72. The number of hydrogen-bond donors (Lipinski definition) is 1. The molecule has 1 saturated heterocycles. The first-order valence-corrected chi connectivity index (χ1v) is 7.20. The Labute approximate surface area is 118 Å². The summed E-state index contributed by atoms with van der Waals surface area (Å²) in [6.07, 6.45) is -0.438. The molecule has 0 atom stereocenters. The molecule has 1 heterocycles. The molecule has 120 valence electrons. The predicted octanol–water partition coefficient (Wildman–Crippen LogP) is 1.79. The summed E-state index contributed by atoms with van der Waals surface area (Å²) in [5.74, 6) is 0. The average Bonchev–Trinajstić information content (AvgIpc) is 2.39. The summed E-state index contributed by atoms with van der Waals surface area (Å²) in [6, 6.07) is 0. The van der Waals surface area contributed by atoms with Crippen LogP contribution in [0.25, 0.3) is 0 Å². The van der Waals surface area contributed by atoms with Gasteiger partial charge in [-0.2, -0.15) is 13.2 Å². The van der Waals surface area contributed by atoms with Gasteiger partial charge in [0.1, 0.15) is 6.61 Å². The van der Waals surface area contributed by atoms with E-state index in [-0.39, 0.29) is 6.61 Å². The maximum atomic E-state index is 11.9. The Morgan fingerprint density at radius 2 is 1.80 bits per heavy atom. The van der Waals surface area contributed by atoms with Crippen LogP contribution in [0.4, 0.5) is 13.2 Å². The number of alkyl halides is 3. The Bertz CT molecular complexity index is 244. The fourth-order valence-electron chi connectivity index (χ4n) is 2.21. The third-order valence-electron chi connectivity index (χ3n) is 3.27. The van der Waals surface area contributed by atoms with Crippen molar-refractivity contribution in [2.45, 2.75) is 38.0 Å². The maximum Gasteiger partial charge on any atom is 0.411 e. The van der Waals surface area contributed by atoms with Crippen LogP contribution in [-0.2, 0) is 9.47 Å². The zero-order valence-electron chi connectivity index (χ0n) is 11.8. The van der Waals surface area contributed by atoms with Crippen LogP contribution in [0, 0.1) is 0 Å². The van der Waals surface area contributed by atoms with Crippen LogP contribution >= 0.6 is 0 Å². The zero-order chi connectivity index (χ0) is 14.8. The van der Waals surface area contributed by atoms with Crippen LogP contribution in [0.5, 0.6) is 0 Å². The third-order valence-corrected chi connectivity index (χ3v) is 3.27. The minimum atomic E-state index is -4.22. The molecule has 0 aromatic carbocycles. The first-order chi connectivity index (χ1) is 9.51. The highest BCUT2D eigenvalue weighted by Crippen LogP contribution is 2.15. The van der Waals surface area contributed by atoms with Gasteiger partial charge < -0.3 is 20.1 Å². The van der Waals surface area contributed by atoms with Gasteiger partial charge in [-0.1, -0.05) is 0 Å². The van der Waals surface area contributed by atoms with Crippen molar-refractivity contribution in [3.05, 3.63) is 0 Å².